The molecule has 0 atom stereocenters. The molecule has 0 aromatic heterocycles. The number of hydrogen-bond donors (Lipinski definition) is 1. The third-order valence-corrected chi connectivity index (χ3v) is 6.16. The van der Waals surface area contributed by atoms with Gasteiger partial charge in [0.2, 0.25) is 0 Å². The van der Waals surface area contributed by atoms with E-state index in [4.69, 9.17) is 0 Å². The lowest BCUT2D eigenvalue weighted by atomic mass is 9.88. The average molecular weight is 392 g/mol. The summed E-state index contributed by atoms with van der Waals surface area (Å²) in [6.45, 7) is 2.13. The maximum absolute atomic E-state index is 9.85. The molecule has 28 heavy (non-hydrogen) atoms. The van der Waals surface area contributed by atoms with E-state index in [1.54, 1.807) is 17.8 Å². The Morgan fingerprint density at radius 3 is 1.96 bits per heavy atom. The summed E-state index contributed by atoms with van der Waals surface area (Å²) in [4.78, 5) is 3.39. The van der Waals surface area contributed by atoms with Crippen LogP contribution in [0.4, 0.5) is 0 Å². The fraction of sp³-hybridized carbons (Fsp3) is 0.280. The Balaban J connectivity index is 1.48. The number of hydrogen-bond acceptors (Lipinski definition) is 3. The standard InChI is InChI=1S/C25H29NOS/c1-26(18-10-20-28-25-16-9-8-15-24(25)27)19-17-23(21-11-4-2-5-12-21)22-13-6-3-7-14-22/h2-9,11-16,23,27H,10,17-20H2,1H3. The highest BCUT2D eigenvalue weighted by atomic mass is 32.2. The van der Waals surface area contributed by atoms with Gasteiger partial charge in [-0.15, -0.1) is 11.8 Å². The van der Waals surface area contributed by atoms with E-state index in [0.717, 1.165) is 36.6 Å². The lowest BCUT2D eigenvalue weighted by Crippen LogP contribution is -2.23. The lowest BCUT2D eigenvalue weighted by molar-refractivity contribution is 0.325. The van der Waals surface area contributed by atoms with Gasteiger partial charge in [-0.3, -0.25) is 0 Å². The van der Waals surface area contributed by atoms with Crippen LogP contribution in [0.15, 0.2) is 89.8 Å². The largest absolute Gasteiger partial charge is 0.507 e. The van der Waals surface area contributed by atoms with Crippen molar-refractivity contribution in [2.45, 2.75) is 23.7 Å². The molecule has 3 aromatic rings. The van der Waals surface area contributed by atoms with Crippen LogP contribution in [0.25, 0.3) is 0 Å². The van der Waals surface area contributed by atoms with Gasteiger partial charge in [0.1, 0.15) is 5.75 Å². The quantitative estimate of drug-likeness (QED) is 0.337. The molecule has 0 spiro atoms. The topological polar surface area (TPSA) is 23.5 Å². The monoisotopic (exact) mass is 391 g/mol. The van der Waals surface area contributed by atoms with Gasteiger partial charge in [0, 0.05) is 10.8 Å². The van der Waals surface area contributed by atoms with Crippen LogP contribution in [0.1, 0.15) is 29.9 Å². The van der Waals surface area contributed by atoms with Crippen LogP contribution in [0.5, 0.6) is 5.75 Å². The van der Waals surface area contributed by atoms with E-state index in [-0.39, 0.29) is 0 Å². The summed E-state index contributed by atoms with van der Waals surface area (Å²) < 4.78 is 0. The Morgan fingerprint density at radius 1 is 0.786 bits per heavy atom. The molecule has 3 heteroatoms. The molecule has 1 N–H and O–H groups in total. The van der Waals surface area contributed by atoms with Gasteiger partial charge in [-0.1, -0.05) is 72.8 Å². The Labute approximate surface area is 173 Å². The highest BCUT2D eigenvalue weighted by Crippen LogP contribution is 2.29. The van der Waals surface area contributed by atoms with Crippen LogP contribution in [-0.4, -0.2) is 35.9 Å². The van der Waals surface area contributed by atoms with Gasteiger partial charge in [0.05, 0.1) is 0 Å². The average Bonchev–Trinajstić information content (AvgIpc) is 2.74. The van der Waals surface area contributed by atoms with Crippen molar-refractivity contribution in [2.24, 2.45) is 0 Å². The van der Waals surface area contributed by atoms with E-state index < -0.39 is 0 Å². The predicted octanol–water partition coefficient (Wildman–Crippen LogP) is 6.03. The number of benzene rings is 3. The molecule has 0 heterocycles. The summed E-state index contributed by atoms with van der Waals surface area (Å²) in [7, 11) is 2.21. The molecule has 0 aliphatic carbocycles. The molecule has 0 saturated heterocycles. The van der Waals surface area contributed by atoms with E-state index in [9.17, 15) is 5.11 Å². The van der Waals surface area contributed by atoms with Crippen molar-refractivity contribution >= 4 is 11.8 Å². The summed E-state index contributed by atoms with van der Waals surface area (Å²) in [6, 6.07) is 29.2. The number of aromatic hydroxyl groups is 1. The van der Waals surface area contributed by atoms with Crippen molar-refractivity contribution in [1.29, 1.82) is 0 Å². The Bertz CT molecular complexity index is 783. The number of phenolic OH excluding ortho intramolecular Hbond substituents is 1. The highest BCUT2D eigenvalue weighted by Gasteiger charge is 2.14. The Kier molecular flexibility index (Phi) is 8.01. The number of thioether (sulfide) groups is 1. The van der Waals surface area contributed by atoms with Crippen molar-refractivity contribution < 1.29 is 5.11 Å². The van der Waals surface area contributed by atoms with Crippen LogP contribution in [0.3, 0.4) is 0 Å². The summed E-state index contributed by atoms with van der Waals surface area (Å²) in [5.41, 5.74) is 2.77. The fourth-order valence-corrected chi connectivity index (χ4v) is 4.34. The third-order valence-electron chi connectivity index (χ3n) is 5.01. The summed E-state index contributed by atoms with van der Waals surface area (Å²) >= 11 is 1.73. The first-order valence-electron chi connectivity index (χ1n) is 9.93. The zero-order chi connectivity index (χ0) is 19.6. The van der Waals surface area contributed by atoms with Gasteiger partial charge in [0.25, 0.3) is 0 Å². The molecule has 3 aromatic carbocycles. The smallest absolute Gasteiger partial charge is 0.129 e. The van der Waals surface area contributed by atoms with Gasteiger partial charge < -0.3 is 10.0 Å². The van der Waals surface area contributed by atoms with Gasteiger partial charge in [-0.05, 0) is 62.0 Å². The van der Waals surface area contributed by atoms with Gasteiger partial charge in [0.15, 0.2) is 0 Å². The minimum Gasteiger partial charge on any atom is -0.507 e. The van der Waals surface area contributed by atoms with Crippen LogP contribution < -0.4 is 0 Å². The van der Waals surface area contributed by atoms with Crippen molar-refractivity contribution in [3.63, 3.8) is 0 Å². The van der Waals surface area contributed by atoms with Crippen molar-refractivity contribution in [3.8, 4) is 5.75 Å². The molecule has 0 aliphatic heterocycles. The predicted molar refractivity (Wildman–Crippen MR) is 120 cm³/mol. The summed E-state index contributed by atoms with van der Waals surface area (Å²) in [5.74, 6) is 1.83. The van der Waals surface area contributed by atoms with Crippen molar-refractivity contribution in [2.75, 3.05) is 25.9 Å². The highest BCUT2D eigenvalue weighted by molar-refractivity contribution is 7.99. The maximum Gasteiger partial charge on any atom is 0.129 e. The Morgan fingerprint density at radius 2 is 1.36 bits per heavy atom. The molecular formula is C25H29NOS. The van der Waals surface area contributed by atoms with E-state index >= 15 is 0 Å². The van der Waals surface area contributed by atoms with Crippen molar-refractivity contribution in [3.05, 3.63) is 96.1 Å². The second kappa shape index (κ2) is 10.9. The SMILES string of the molecule is CN(CCCSc1ccccc1O)CCC(c1ccccc1)c1ccccc1. The fourth-order valence-electron chi connectivity index (χ4n) is 3.45. The van der Waals surface area contributed by atoms with Crippen LogP contribution in [0.2, 0.25) is 0 Å². The number of para-hydroxylation sites is 1. The molecule has 0 unspecified atom stereocenters. The number of rotatable bonds is 10. The minimum atomic E-state index is 0.384. The van der Waals surface area contributed by atoms with E-state index in [2.05, 4.69) is 72.6 Å². The molecular weight excluding hydrogens is 362 g/mol. The van der Waals surface area contributed by atoms with Crippen molar-refractivity contribution in [1.82, 2.24) is 4.90 Å². The lowest BCUT2D eigenvalue weighted by Gasteiger charge is -2.22. The first-order chi connectivity index (χ1) is 13.7. The normalized spacial score (nSPS) is 11.2. The number of nitrogens with zero attached hydrogens (tertiary/aromatic N) is 1. The zero-order valence-electron chi connectivity index (χ0n) is 16.5. The maximum atomic E-state index is 9.85. The van der Waals surface area contributed by atoms with E-state index in [1.165, 1.54) is 11.1 Å². The first-order valence-corrected chi connectivity index (χ1v) is 10.9. The molecule has 0 fully saturated rings. The second-order valence-electron chi connectivity index (χ2n) is 7.14. The van der Waals surface area contributed by atoms with Crippen LogP contribution in [0, 0.1) is 0 Å². The zero-order valence-corrected chi connectivity index (χ0v) is 17.3. The Hall–Kier alpha value is -2.23. The summed E-state index contributed by atoms with van der Waals surface area (Å²) in [5, 5.41) is 9.85. The van der Waals surface area contributed by atoms with Gasteiger partial charge in [-0.2, -0.15) is 0 Å². The molecule has 3 rings (SSSR count). The first kappa shape index (κ1) is 20.5. The number of phenols is 1. The molecule has 0 bridgehead atoms. The molecule has 0 aliphatic rings. The van der Waals surface area contributed by atoms with E-state index in [0.29, 0.717) is 11.7 Å². The molecule has 0 amide bonds. The molecule has 0 radical (unpaired) electrons. The summed E-state index contributed by atoms with van der Waals surface area (Å²) in [6.07, 6.45) is 2.22. The second-order valence-corrected chi connectivity index (χ2v) is 8.27. The van der Waals surface area contributed by atoms with Gasteiger partial charge >= 0.3 is 0 Å². The molecule has 146 valence electrons. The molecule has 0 saturated carbocycles. The minimum absolute atomic E-state index is 0.384. The molecule has 2 nitrogen and oxygen atoms in total. The third kappa shape index (κ3) is 6.15. The van der Waals surface area contributed by atoms with E-state index in [1.807, 2.05) is 18.2 Å². The van der Waals surface area contributed by atoms with Crippen LogP contribution >= 0.6 is 11.8 Å². The van der Waals surface area contributed by atoms with Gasteiger partial charge in [-0.25, -0.2) is 0 Å². The van der Waals surface area contributed by atoms with Crippen LogP contribution in [-0.2, 0) is 0 Å².